The molecule has 1 N–H and O–H groups in total. The number of hydrogen-bond acceptors (Lipinski definition) is 1. The van der Waals surface area contributed by atoms with Gasteiger partial charge in [0.25, 0.3) is 0 Å². The molecule has 1 aromatic rings. The van der Waals surface area contributed by atoms with E-state index in [0.29, 0.717) is 11.5 Å². The van der Waals surface area contributed by atoms with E-state index >= 15 is 0 Å². The van der Waals surface area contributed by atoms with Crippen LogP contribution in [0.3, 0.4) is 0 Å². The van der Waals surface area contributed by atoms with Crippen LogP contribution in [0.2, 0.25) is 0 Å². The van der Waals surface area contributed by atoms with Crippen molar-refractivity contribution in [3.05, 3.63) is 35.4 Å². The minimum Gasteiger partial charge on any atom is -0.316 e. The van der Waals surface area contributed by atoms with Gasteiger partial charge >= 0.3 is 6.18 Å². The lowest BCUT2D eigenvalue weighted by atomic mass is 9.84. The molecule has 1 nitrogen and oxygen atoms in total. The minimum absolute atomic E-state index is 0.0529. The molecule has 94 valence electrons. The molecule has 1 aliphatic heterocycles. The van der Waals surface area contributed by atoms with Crippen molar-refractivity contribution in [1.29, 1.82) is 0 Å². The van der Waals surface area contributed by atoms with Crippen molar-refractivity contribution in [2.75, 3.05) is 13.1 Å². The summed E-state index contributed by atoms with van der Waals surface area (Å²) in [6.45, 7) is 3.61. The van der Waals surface area contributed by atoms with E-state index in [1.54, 1.807) is 12.1 Å². The summed E-state index contributed by atoms with van der Waals surface area (Å²) in [5.41, 5.74) is -0.0619. The molecule has 4 heteroatoms. The van der Waals surface area contributed by atoms with Crippen LogP contribution in [-0.4, -0.2) is 13.1 Å². The average Bonchev–Trinajstić information content (AvgIpc) is 2.80. The Bertz CT molecular complexity index is 380. The predicted molar refractivity (Wildman–Crippen MR) is 60.8 cm³/mol. The second-order valence-corrected chi connectivity index (χ2v) is 4.63. The van der Waals surface area contributed by atoms with Gasteiger partial charge in [0.15, 0.2) is 0 Å². The van der Waals surface area contributed by atoms with Gasteiger partial charge in [-0.05, 0) is 43.0 Å². The van der Waals surface area contributed by atoms with Crippen molar-refractivity contribution in [1.82, 2.24) is 5.32 Å². The van der Waals surface area contributed by atoms with Crippen LogP contribution >= 0.6 is 0 Å². The summed E-state index contributed by atoms with van der Waals surface area (Å²) in [7, 11) is 0. The first-order chi connectivity index (χ1) is 8.00. The third-order valence-electron chi connectivity index (χ3n) is 3.56. The normalized spacial score (nSPS) is 22.7. The summed E-state index contributed by atoms with van der Waals surface area (Å²) in [5.74, 6) is 0.251. The third kappa shape index (κ3) is 2.63. The maximum Gasteiger partial charge on any atom is 0.416 e. The maximum absolute atomic E-state index is 12.9. The first-order valence-electron chi connectivity index (χ1n) is 5.87. The van der Waals surface area contributed by atoms with Crippen molar-refractivity contribution in [2.45, 2.75) is 25.4 Å². The van der Waals surface area contributed by atoms with E-state index in [9.17, 15) is 13.2 Å². The molecule has 0 aliphatic carbocycles. The SMILES string of the molecule is CC(c1ccccc1C(F)(F)F)C1CCNC1. The fraction of sp³-hybridized carbons (Fsp3) is 0.538. The molecule has 17 heavy (non-hydrogen) atoms. The summed E-state index contributed by atoms with van der Waals surface area (Å²) in [4.78, 5) is 0. The molecule has 0 bridgehead atoms. The van der Waals surface area contributed by atoms with Gasteiger partial charge < -0.3 is 5.32 Å². The number of nitrogens with one attached hydrogen (secondary N) is 1. The molecule has 1 saturated heterocycles. The van der Waals surface area contributed by atoms with Crippen LogP contribution in [0.25, 0.3) is 0 Å². The van der Waals surface area contributed by atoms with E-state index in [2.05, 4.69) is 5.32 Å². The Kier molecular flexibility index (Phi) is 3.43. The zero-order valence-electron chi connectivity index (χ0n) is 9.72. The highest BCUT2D eigenvalue weighted by atomic mass is 19.4. The van der Waals surface area contributed by atoms with Gasteiger partial charge in [-0.1, -0.05) is 25.1 Å². The van der Waals surface area contributed by atoms with E-state index in [1.807, 2.05) is 6.92 Å². The molecule has 2 unspecified atom stereocenters. The van der Waals surface area contributed by atoms with Gasteiger partial charge in [0.2, 0.25) is 0 Å². The lowest BCUT2D eigenvalue weighted by molar-refractivity contribution is -0.138. The van der Waals surface area contributed by atoms with E-state index in [-0.39, 0.29) is 5.92 Å². The maximum atomic E-state index is 12.9. The van der Waals surface area contributed by atoms with Crippen molar-refractivity contribution in [3.8, 4) is 0 Å². The molecule has 1 fully saturated rings. The summed E-state index contributed by atoms with van der Waals surface area (Å²) in [6.07, 6.45) is -3.30. The van der Waals surface area contributed by atoms with Crippen LogP contribution in [0.15, 0.2) is 24.3 Å². The van der Waals surface area contributed by atoms with Crippen LogP contribution in [0.1, 0.15) is 30.4 Å². The van der Waals surface area contributed by atoms with E-state index in [0.717, 1.165) is 19.5 Å². The molecule has 0 spiro atoms. The Morgan fingerprint density at radius 1 is 1.29 bits per heavy atom. The Labute approximate surface area is 99.0 Å². The van der Waals surface area contributed by atoms with Gasteiger partial charge in [0.1, 0.15) is 0 Å². The molecule has 2 rings (SSSR count). The van der Waals surface area contributed by atoms with Crippen LogP contribution in [0.4, 0.5) is 13.2 Å². The van der Waals surface area contributed by atoms with Gasteiger partial charge in [0.05, 0.1) is 5.56 Å². The quantitative estimate of drug-likeness (QED) is 0.839. The average molecular weight is 243 g/mol. The van der Waals surface area contributed by atoms with Crippen molar-refractivity contribution >= 4 is 0 Å². The largest absolute Gasteiger partial charge is 0.416 e. The predicted octanol–water partition coefficient (Wildman–Crippen LogP) is 3.42. The summed E-state index contributed by atoms with van der Waals surface area (Å²) < 4.78 is 38.6. The zero-order chi connectivity index (χ0) is 12.5. The Balaban J connectivity index is 2.31. The van der Waals surface area contributed by atoms with Crippen LogP contribution in [0.5, 0.6) is 0 Å². The van der Waals surface area contributed by atoms with Crippen molar-refractivity contribution < 1.29 is 13.2 Å². The lowest BCUT2D eigenvalue weighted by Gasteiger charge is -2.22. The van der Waals surface area contributed by atoms with E-state index in [1.165, 1.54) is 12.1 Å². The highest BCUT2D eigenvalue weighted by molar-refractivity contribution is 5.33. The Morgan fingerprint density at radius 3 is 2.59 bits per heavy atom. The topological polar surface area (TPSA) is 12.0 Å². The van der Waals surface area contributed by atoms with Gasteiger partial charge in [-0.25, -0.2) is 0 Å². The zero-order valence-corrected chi connectivity index (χ0v) is 9.72. The molecular weight excluding hydrogens is 227 g/mol. The number of rotatable bonds is 2. The number of hydrogen-bond donors (Lipinski definition) is 1. The van der Waals surface area contributed by atoms with Crippen LogP contribution < -0.4 is 5.32 Å². The first-order valence-corrected chi connectivity index (χ1v) is 5.87. The molecule has 0 aromatic heterocycles. The summed E-state index contributed by atoms with van der Waals surface area (Å²) >= 11 is 0. The molecule has 0 saturated carbocycles. The van der Waals surface area contributed by atoms with E-state index < -0.39 is 11.7 Å². The van der Waals surface area contributed by atoms with Gasteiger partial charge in [-0.15, -0.1) is 0 Å². The minimum atomic E-state index is -4.25. The molecule has 1 aliphatic rings. The number of halogens is 3. The lowest BCUT2D eigenvalue weighted by Crippen LogP contribution is -2.18. The molecule has 0 radical (unpaired) electrons. The highest BCUT2D eigenvalue weighted by Crippen LogP contribution is 2.38. The third-order valence-corrected chi connectivity index (χ3v) is 3.56. The molecule has 0 amide bonds. The molecule has 1 heterocycles. The molecule has 1 aromatic carbocycles. The standard InChI is InChI=1S/C13H16F3N/c1-9(10-6-7-17-8-10)11-4-2-3-5-12(11)13(14,15)16/h2-5,9-10,17H,6-8H2,1H3. The fourth-order valence-electron chi connectivity index (χ4n) is 2.51. The van der Waals surface area contributed by atoms with Gasteiger partial charge in [-0.3, -0.25) is 0 Å². The fourth-order valence-corrected chi connectivity index (χ4v) is 2.51. The van der Waals surface area contributed by atoms with Gasteiger partial charge in [0, 0.05) is 0 Å². The Morgan fingerprint density at radius 2 is 2.00 bits per heavy atom. The molecule has 2 atom stereocenters. The highest BCUT2D eigenvalue weighted by Gasteiger charge is 2.35. The second kappa shape index (κ2) is 4.69. The van der Waals surface area contributed by atoms with Crippen LogP contribution in [-0.2, 0) is 6.18 Å². The number of alkyl halides is 3. The summed E-state index contributed by atoms with van der Waals surface area (Å²) in [5, 5.41) is 3.20. The Hall–Kier alpha value is -1.03. The van der Waals surface area contributed by atoms with Crippen LogP contribution in [0, 0.1) is 5.92 Å². The summed E-state index contributed by atoms with van der Waals surface area (Å²) in [6, 6.07) is 5.91. The second-order valence-electron chi connectivity index (χ2n) is 4.63. The molecular formula is C13H16F3N. The van der Waals surface area contributed by atoms with E-state index in [4.69, 9.17) is 0 Å². The van der Waals surface area contributed by atoms with Gasteiger partial charge in [-0.2, -0.15) is 13.2 Å². The van der Waals surface area contributed by atoms with Crippen molar-refractivity contribution in [2.24, 2.45) is 5.92 Å². The smallest absolute Gasteiger partial charge is 0.316 e. The number of benzene rings is 1. The monoisotopic (exact) mass is 243 g/mol. The van der Waals surface area contributed by atoms with Crippen molar-refractivity contribution in [3.63, 3.8) is 0 Å². The first kappa shape index (κ1) is 12.4.